The van der Waals surface area contributed by atoms with Crippen molar-refractivity contribution in [3.8, 4) is 5.75 Å². The van der Waals surface area contributed by atoms with Gasteiger partial charge in [0, 0.05) is 11.1 Å². The Labute approximate surface area is 136 Å². The van der Waals surface area contributed by atoms with Crippen LogP contribution < -0.4 is 4.74 Å². The highest BCUT2D eigenvalue weighted by atomic mass is 32.2. The molecule has 6 nitrogen and oxygen atoms in total. The molecule has 0 fully saturated rings. The van der Waals surface area contributed by atoms with E-state index in [4.69, 9.17) is 4.74 Å². The number of esters is 1. The highest BCUT2D eigenvalue weighted by Gasteiger charge is 2.42. The first kappa shape index (κ1) is 17.1. The van der Waals surface area contributed by atoms with Crippen LogP contribution in [0.4, 0.5) is 0 Å². The van der Waals surface area contributed by atoms with Crippen LogP contribution in [0.3, 0.4) is 0 Å². The molecule has 0 radical (unpaired) electrons. The van der Waals surface area contributed by atoms with E-state index >= 15 is 0 Å². The number of hydrogen-bond donors (Lipinski definition) is 2. The number of carbonyl (C=O) groups is 1. The monoisotopic (exact) mass is 336 g/mol. The summed E-state index contributed by atoms with van der Waals surface area (Å²) < 4.78 is 31.6. The lowest BCUT2D eigenvalue weighted by Crippen LogP contribution is -2.33. The van der Waals surface area contributed by atoms with Crippen molar-refractivity contribution < 1.29 is 28.1 Å². The molecule has 2 aromatic rings. The zero-order valence-electron chi connectivity index (χ0n) is 12.6. The van der Waals surface area contributed by atoms with Crippen LogP contribution in [0, 0.1) is 0 Å². The normalized spacial score (nSPS) is 14.6. The Balaban J connectivity index is 2.76. The summed E-state index contributed by atoms with van der Waals surface area (Å²) in [6.07, 6.45) is 0. The molecule has 2 unspecified atom stereocenters. The molecule has 2 atom stereocenters. The van der Waals surface area contributed by atoms with Crippen molar-refractivity contribution in [2.45, 2.75) is 4.93 Å². The first-order valence-corrected chi connectivity index (χ1v) is 7.72. The van der Waals surface area contributed by atoms with Gasteiger partial charge in [-0.05, 0) is 6.07 Å². The van der Waals surface area contributed by atoms with Crippen LogP contribution in [0.2, 0.25) is 0 Å². The maximum absolute atomic E-state index is 11.9. The molecule has 122 valence electrons. The molecule has 0 heterocycles. The highest BCUT2D eigenvalue weighted by molar-refractivity contribution is 7.80. The van der Waals surface area contributed by atoms with Gasteiger partial charge in [0.15, 0.2) is 11.1 Å². The first-order valence-electron chi connectivity index (χ1n) is 6.61. The first-order chi connectivity index (χ1) is 11.0. The number of benzene rings is 2. The molecule has 0 aliphatic carbocycles. The number of rotatable bonds is 5. The van der Waals surface area contributed by atoms with Gasteiger partial charge in [0.1, 0.15) is 11.3 Å². The molecule has 0 bridgehead atoms. The van der Waals surface area contributed by atoms with E-state index < -0.39 is 22.0 Å². The van der Waals surface area contributed by atoms with E-state index in [0.29, 0.717) is 0 Å². The van der Waals surface area contributed by atoms with Crippen LogP contribution in [-0.4, -0.2) is 34.1 Å². The topological polar surface area (TPSA) is 93.1 Å². The zero-order valence-corrected chi connectivity index (χ0v) is 13.4. The number of ether oxygens (including phenoxy) is 2. The Morgan fingerprint density at radius 2 is 1.74 bits per heavy atom. The van der Waals surface area contributed by atoms with Gasteiger partial charge in [-0.2, -0.15) is 0 Å². The minimum atomic E-state index is -2.68. The average molecular weight is 336 g/mol. The molecule has 0 saturated heterocycles. The molecule has 2 rings (SSSR count). The molecular weight excluding hydrogens is 320 g/mol. The third-order valence-electron chi connectivity index (χ3n) is 3.41. The van der Waals surface area contributed by atoms with Crippen LogP contribution in [0.15, 0.2) is 48.5 Å². The molecule has 23 heavy (non-hydrogen) atoms. The minimum Gasteiger partial charge on any atom is -0.495 e. The fraction of sp³-hybridized carbons (Fsp3) is 0.188. The summed E-state index contributed by atoms with van der Waals surface area (Å²) in [7, 11) is 2.51. The number of carbonyl (C=O) groups excluding carboxylic acids is 1. The van der Waals surface area contributed by atoms with Crippen molar-refractivity contribution in [3.63, 3.8) is 0 Å². The predicted octanol–water partition coefficient (Wildman–Crippen LogP) is 1.90. The van der Waals surface area contributed by atoms with Gasteiger partial charge >= 0.3 is 5.97 Å². The molecule has 0 aromatic heterocycles. The second kappa shape index (κ2) is 6.91. The van der Waals surface area contributed by atoms with Crippen LogP contribution in [0.1, 0.15) is 21.5 Å². The average Bonchev–Trinajstić information content (AvgIpc) is 2.60. The van der Waals surface area contributed by atoms with Gasteiger partial charge in [0.05, 0.1) is 14.2 Å². The Hall–Kier alpha value is -2.22. The van der Waals surface area contributed by atoms with Crippen LogP contribution in [0.5, 0.6) is 5.75 Å². The Morgan fingerprint density at radius 3 is 2.26 bits per heavy atom. The van der Waals surface area contributed by atoms with Gasteiger partial charge < -0.3 is 19.1 Å². The zero-order chi connectivity index (χ0) is 17.0. The summed E-state index contributed by atoms with van der Waals surface area (Å²) in [6, 6.07) is 12.3. The molecule has 0 aliphatic rings. The minimum absolute atomic E-state index is 0.00469. The van der Waals surface area contributed by atoms with E-state index in [9.17, 15) is 18.7 Å². The smallest absolute Gasteiger partial charge is 0.341 e. The molecule has 7 heteroatoms. The SMILES string of the molecule is COC(=O)c1cccc(C(O)(c2ccccc2)S(=O)O)c1OC. The molecule has 0 spiro atoms. The lowest BCUT2D eigenvalue weighted by molar-refractivity contribution is 0.0596. The van der Waals surface area contributed by atoms with Crippen LogP contribution in [0.25, 0.3) is 0 Å². The standard InChI is InChI=1S/C16H16O6S/c1-21-14-12(15(17)22-2)9-6-10-13(14)16(18,23(19)20)11-7-4-3-5-8-11/h3-10,18H,1-2H3,(H,19,20). The second-order valence-electron chi connectivity index (χ2n) is 4.64. The highest BCUT2D eigenvalue weighted by Crippen LogP contribution is 2.39. The van der Waals surface area contributed by atoms with E-state index in [-0.39, 0.29) is 22.4 Å². The fourth-order valence-electron chi connectivity index (χ4n) is 2.31. The lowest BCUT2D eigenvalue weighted by atomic mass is 9.97. The number of hydrogen-bond acceptors (Lipinski definition) is 5. The van der Waals surface area contributed by atoms with E-state index in [1.165, 1.54) is 44.6 Å². The maximum atomic E-state index is 11.9. The van der Waals surface area contributed by atoms with Gasteiger partial charge in [-0.15, -0.1) is 0 Å². The molecule has 2 aromatic carbocycles. The van der Waals surface area contributed by atoms with Crippen molar-refractivity contribution in [2.75, 3.05) is 14.2 Å². The van der Waals surface area contributed by atoms with Gasteiger partial charge in [-0.25, -0.2) is 9.00 Å². The Bertz CT molecular complexity index is 731. The van der Waals surface area contributed by atoms with Gasteiger partial charge in [-0.3, -0.25) is 0 Å². The van der Waals surface area contributed by atoms with E-state index in [1.54, 1.807) is 18.2 Å². The third-order valence-corrected chi connectivity index (χ3v) is 4.37. The second-order valence-corrected chi connectivity index (χ2v) is 5.73. The number of methoxy groups -OCH3 is 2. The summed E-state index contributed by atoms with van der Waals surface area (Å²) in [6.45, 7) is 0. The quantitative estimate of drug-likeness (QED) is 0.640. The van der Waals surface area contributed by atoms with Crippen LogP contribution in [-0.2, 0) is 20.8 Å². The van der Waals surface area contributed by atoms with Gasteiger partial charge in [0.25, 0.3) is 0 Å². The number of aliphatic hydroxyl groups is 1. The van der Waals surface area contributed by atoms with E-state index in [1.807, 2.05) is 0 Å². The lowest BCUT2D eigenvalue weighted by Gasteiger charge is -2.27. The molecule has 0 saturated carbocycles. The van der Waals surface area contributed by atoms with Crippen molar-refractivity contribution in [3.05, 3.63) is 65.2 Å². The summed E-state index contributed by atoms with van der Waals surface area (Å²) in [5, 5.41) is 10.9. The molecule has 2 N–H and O–H groups in total. The Morgan fingerprint density at radius 1 is 1.09 bits per heavy atom. The van der Waals surface area contributed by atoms with Gasteiger partial charge in [-0.1, -0.05) is 42.5 Å². The molecule has 0 amide bonds. The van der Waals surface area contributed by atoms with Crippen molar-refractivity contribution in [1.29, 1.82) is 0 Å². The maximum Gasteiger partial charge on any atom is 0.341 e. The van der Waals surface area contributed by atoms with Crippen molar-refractivity contribution in [2.24, 2.45) is 0 Å². The largest absolute Gasteiger partial charge is 0.495 e. The fourth-order valence-corrected chi connectivity index (χ4v) is 3.00. The summed E-state index contributed by atoms with van der Waals surface area (Å²) in [5.41, 5.74) is 0.239. The summed E-state index contributed by atoms with van der Waals surface area (Å²) >= 11 is -2.68. The van der Waals surface area contributed by atoms with Crippen molar-refractivity contribution in [1.82, 2.24) is 0 Å². The summed E-state index contributed by atoms with van der Waals surface area (Å²) in [5.74, 6) is -0.698. The summed E-state index contributed by atoms with van der Waals surface area (Å²) in [4.78, 5) is 9.60. The predicted molar refractivity (Wildman–Crippen MR) is 84.5 cm³/mol. The Kier molecular flexibility index (Phi) is 5.15. The third kappa shape index (κ3) is 2.98. The van der Waals surface area contributed by atoms with E-state index in [0.717, 1.165) is 0 Å². The van der Waals surface area contributed by atoms with E-state index in [2.05, 4.69) is 4.74 Å². The molecular formula is C16H16O6S. The number of para-hydroxylation sites is 1. The van der Waals surface area contributed by atoms with Gasteiger partial charge in [0.2, 0.25) is 4.93 Å². The van der Waals surface area contributed by atoms with Crippen LogP contribution >= 0.6 is 0 Å². The van der Waals surface area contributed by atoms with Crippen molar-refractivity contribution >= 4 is 17.0 Å². The molecule has 0 aliphatic heterocycles.